The summed E-state index contributed by atoms with van der Waals surface area (Å²) in [6.45, 7) is 0.975. The van der Waals surface area contributed by atoms with Crippen molar-refractivity contribution in [3.05, 3.63) is 21.3 Å². The van der Waals surface area contributed by atoms with Gasteiger partial charge in [-0.15, -0.1) is 11.3 Å². The second kappa shape index (κ2) is 6.29. The van der Waals surface area contributed by atoms with Gasteiger partial charge >= 0.3 is 0 Å². The van der Waals surface area contributed by atoms with Gasteiger partial charge in [-0.05, 0) is 31.6 Å². The Labute approximate surface area is 111 Å². The Morgan fingerprint density at radius 2 is 2.44 bits per heavy atom. The van der Waals surface area contributed by atoms with Crippen LogP contribution in [0.5, 0.6) is 0 Å². The summed E-state index contributed by atoms with van der Waals surface area (Å²) >= 11 is 9.67. The van der Waals surface area contributed by atoms with Gasteiger partial charge in [0.05, 0.1) is 5.02 Å². The second-order valence-corrected chi connectivity index (χ2v) is 6.90. The summed E-state index contributed by atoms with van der Waals surface area (Å²) in [6.07, 6.45) is 7.64. The molecule has 0 aliphatic heterocycles. The zero-order valence-corrected chi connectivity index (χ0v) is 11.9. The molecule has 2 rings (SSSR count). The summed E-state index contributed by atoms with van der Waals surface area (Å²) in [6, 6.07) is 2.76. The van der Waals surface area contributed by atoms with Crippen LogP contribution >= 0.6 is 34.7 Å². The Morgan fingerprint density at radius 3 is 3.12 bits per heavy atom. The molecule has 4 heteroatoms. The molecule has 1 heterocycles. The van der Waals surface area contributed by atoms with Crippen molar-refractivity contribution in [1.82, 2.24) is 5.32 Å². The number of thiophene rings is 1. The van der Waals surface area contributed by atoms with Crippen molar-refractivity contribution in [2.45, 2.75) is 43.5 Å². The minimum Gasteiger partial charge on any atom is -0.309 e. The van der Waals surface area contributed by atoms with E-state index < -0.39 is 0 Å². The summed E-state index contributed by atoms with van der Waals surface area (Å²) in [4.78, 5) is 1.34. The minimum atomic E-state index is 0.701. The van der Waals surface area contributed by atoms with E-state index in [2.05, 4.69) is 17.6 Å². The zero-order chi connectivity index (χ0) is 11.4. The normalized spacial score (nSPS) is 25.9. The monoisotopic (exact) mass is 275 g/mol. The average molecular weight is 276 g/mol. The molecule has 1 aliphatic carbocycles. The molecule has 1 nitrogen and oxygen atoms in total. The van der Waals surface area contributed by atoms with E-state index in [0.29, 0.717) is 6.04 Å². The van der Waals surface area contributed by atoms with Gasteiger partial charge in [0.2, 0.25) is 0 Å². The molecule has 0 amide bonds. The van der Waals surface area contributed by atoms with Gasteiger partial charge < -0.3 is 5.32 Å². The first kappa shape index (κ1) is 12.7. The highest BCUT2D eigenvalue weighted by Crippen LogP contribution is 2.27. The van der Waals surface area contributed by atoms with Gasteiger partial charge in [-0.1, -0.05) is 18.0 Å². The van der Waals surface area contributed by atoms with Crippen molar-refractivity contribution >= 4 is 34.7 Å². The molecule has 0 spiro atoms. The molecule has 2 atom stereocenters. The number of hydrogen-bond acceptors (Lipinski definition) is 3. The molecular formula is C12H18ClNS2. The van der Waals surface area contributed by atoms with Crippen LogP contribution in [0.4, 0.5) is 0 Å². The van der Waals surface area contributed by atoms with Crippen molar-refractivity contribution in [1.29, 1.82) is 0 Å². The van der Waals surface area contributed by atoms with Crippen LogP contribution in [-0.4, -0.2) is 17.5 Å². The molecule has 1 saturated carbocycles. The standard InChI is InChI=1S/C12H18ClNS2/c1-15-11-4-2-3-10(6-11)14-7-12-5-9(13)8-16-12/h5,8,10-11,14H,2-4,6-7H2,1H3. The van der Waals surface area contributed by atoms with E-state index in [4.69, 9.17) is 11.6 Å². The molecule has 0 saturated heterocycles. The first-order chi connectivity index (χ1) is 7.78. The van der Waals surface area contributed by atoms with Crippen LogP contribution < -0.4 is 5.32 Å². The Kier molecular flexibility index (Phi) is 5.01. The second-order valence-electron chi connectivity index (χ2n) is 4.33. The highest BCUT2D eigenvalue weighted by Gasteiger charge is 2.20. The fourth-order valence-electron chi connectivity index (χ4n) is 2.24. The highest BCUT2D eigenvalue weighted by atomic mass is 35.5. The first-order valence-corrected chi connectivity index (χ1v) is 8.31. The maximum atomic E-state index is 5.91. The molecule has 16 heavy (non-hydrogen) atoms. The summed E-state index contributed by atoms with van der Waals surface area (Å²) in [5.41, 5.74) is 0. The maximum Gasteiger partial charge on any atom is 0.0516 e. The summed E-state index contributed by atoms with van der Waals surface area (Å²) in [7, 11) is 0. The van der Waals surface area contributed by atoms with E-state index in [0.717, 1.165) is 16.8 Å². The van der Waals surface area contributed by atoms with Crippen molar-refractivity contribution in [2.75, 3.05) is 6.26 Å². The van der Waals surface area contributed by atoms with Crippen molar-refractivity contribution in [3.8, 4) is 0 Å². The SMILES string of the molecule is CSC1CCCC(NCc2cc(Cl)cs2)C1. The Hall–Kier alpha value is 0.300. The average Bonchev–Trinajstić information content (AvgIpc) is 2.73. The number of halogens is 1. The van der Waals surface area contributed by atoms with Crippen LogP contribution in [0, 0.1) is 0 Å². The maximum absolute atomic E-state index is 5.91. The van der Waals surface area contributed by atoms with Gasteiger partial charge in [0.25, 0.3) is 0 Å². The third kappa shape index (κ3) is 3.66. The van der Waals surface area contributed by atoms with Gasteiger partial charge in [0, 0.05) is 28.1 Å². The smallest absolute Gasteiger partial charge is 0.0516 e. The lowest BCUT2D eigenvalue weighted by Gasteiger charge is -2.28. The number of hydrogen-bond donors (Lipinski definition) is 1. The van der Waals surface area contributed by atoms with Gasteiger partial charge in [0.1, 0.15) is 0 Å². The van der Waals surface area contributed by atoms with E-state index in [1.165, 1.54) is 30.6 Å². The molecule has 0 aromatic carbocycles. The topological polar surface area (TPSA) is 12.0 Å². The lowest BCUT2D eigenvalue weighted by molar-refractivity contribution is 0.381. The Balaban J connectivity index is 1.77. The predicted octanol–water partition coefficient (Wildman–Crippen LogP) is 4.17. The molecule has 1 fully saturated rings. The fraction of sp³-hybridized carbons (Fsp3) is 0.667. The van der Waals surface area contributed by atoms with Crippen LogP contribution in [0.3, 0.4) is 0 Å². The van der Waals surface area contributed by atoms with Crippen LogP contribution in [0.1, 0.15) is 30.6 Å². The van der Waals surface area contributed by atoms with Gasteiger partial charge in [-0.3, -0.25) is 0 Å². The van der Waals surface area contributed by atoms with Crippen molar-refractivity contribution in [3.63, 3.8) is 0 Å². The van der Waals surface area contributed by atoms with E-state index in [-0.39, 0.29) is 0 Å². The van der Waals surface area contributed by atoms with E-state index in [9.17, 15) is 0 Å². The fourth-order valence-corrected chi connectivity index (χ4v) is 4.09. The number of thioether (sulfide) groups is 1. The Morgan fingerprint density at radius 1 is 1.56 bits per heavy atom. The number of rotatable bonds is 4. The molecule has 1 aliphatic rings. The summed E-state index contributed by atoms with van der Waals surface area (Å²) in [5, 5.41) is 7.39. The molecular weight excluding hydrogens is 258 g/mol. The van der Waals surface area contributed by atoms with Crippen LogP contribution in [0.25, 0.3) is 0 Å². The van der Waals surface area contributed by atoms with Crippen molar-refractivity contribution < 1.29 is 0 Å². The molecule has 0 radical (unpaired) electrons. The molecule has 1 aromatic heterocycles. The van der Waals surface area contributed by atoms with E-state index >= 15 is 0 Å². The quantitative estimate of drug-likeness (QED) is 0.885. The molecule has 2 unspecified atom stereocenters. The van der Waals surface area contributed by atoms with E-state index in [1.807, 2.05) is 17.1 Å². The van der Waals surface area contributed by atoms with Crippen LogP contribution in [0.2, 0.25) is 5.02 Å². The van der Waals surface area contributed by atoms with Gasteiger partial charge in [-0.25, -0.2) is 0 Å². The van der Waals surface area contributed by atoms with Gasteiger partial charge in [-0.2, -0.15) is 11.8 Å². The molecule has 1 N–H and O–H groups in total. The van der Waals surface area contributed by atoms with Gasteiger partial charge in [0.15, 0.2) is 0 Å². The highest BCUT2D eigenvalue weighted by molar-refractivity contribution is 7.99. The van der Waals surface area contributed by atoms with Crippen LogP contribution in [-0.2, 0) is 6.54 Å². The minimum absolute atomic E-state index is 0.701. The summed E-state index contributed by atoms with van der Waals surface area (Å²) < 4.78 is 0. The van der Waals surface area contributed by atoms with Crippen LogP contribution in [0.15, 0.2) is 11.4 Å². The van der Waals surface area contributed by atoms with Crippen molar-refractivity contribution in [2.24, 2.45) is 0 Å². The lowest BCUT2D eigenvalue weighted by Crippen LogP contribution is -2.34. The zero-order valence-electron chi connectivity index (χ0n) is 9.54. The molecule has 0 bridgehead atoms. The molecule has 90 valence electrons. The first-order valence-electron chi connectivity index (χ1n) is 5.77. The third-order valence-corrected chi connectivity index (χ3v) is 5.53. The third-order valence-electron chi connectivity index (χ3n) is 3.15. The largest absolute Gasteiger partial charge is 0.309 e. The summed E-state index contributed by atoms with van der Waals surface area (Å²) in [5.74, 6) is 0. The van der Waals surface area contributed by atoms with E-state index in [1.54, 1.807) is 11.3 Å². The predicted molar refractivity (Wildman–Crippen MR) is 75.7 cm³/mol. The molecule has 1 aromatic rings. The lowest BCUT2D eigenvalue weighted by atomic mass is 9.95. The Bertz CT molecular complexity index is 327. The number of nitrogens with one attached hydrogen (secondary N) is 1.